The number of methoxy groups -OCH3 is 2. The van der Waals surface area contributed by atoms with Crippen molar-refractivity contribution < 1.29 is 23.8 Å². The predicted octanol–water partition coefficient (Wildman–Crippen LogP) is 5.48. The van der Waals surface area contributed by atoms with Gasteiger partial charge >= 0.3 is 4.87 Å². The Kier molecular flexibility index (Phi) is 7.07. The van der Waals surface area contributed by atoms with E-state index >= 15 is 0 Å². The van der Waals surface area contributed by atoms with E-state index in [1.165, 1.54) is 16.7 Å². The highest BCUT2D eigenvalue weighted by atomic mass is 35.5. The van der Waals surface area contributed by atoms with Gasteiger partial charge in [-0.3, -0.25) is 14.4 Å². The van der Waals surface area contributed by atoms with Crippen LogP contribution in [0.3, 0.4) is 0 Å². The first kappa shape index (κ1) is 26.5. The number of thioether (sulfide) groups is 1. The lowest BCUT2D eigenvalue weighted by atomic mass is 9.83. The molecule has 0 spiro atoms. The van der Waals surface area contributed by atoms with E-state index in [2.05, 4.69) is 4.98 Å². The third kappa shape index (κ3) is 4.66. The maximum Gasteiger partial charge on any atom is 0.305 e. The quantitative estimate of drug-likeness (QED) is 0.283. The Morgan fingerprint density at radius 1 is 0.900 bits per heavy atom. The summed E-state index contributed by atoms with van der Waals surface area (Å²) in [5, 5.41) is 0.566. The highest BCUT2D eigenvalue weighted by molar-refractivity contribution is 8.00. The second kappa shape index (κ2) is 10.7. The number of carbonyl (C=O) groups is 2. The van der Waals surface area contributed by atoms with E-state index in [1.54, 1.807) is 56.7 Å². The fourth-order valence-electron chi connectivity index (χ4n) is 5.10. The van der Waals surface area contributed by atoms with Crippen molar-refractivity contribution in [1.29, 1.82) is 0 Å². The molecule has 2 amide bonds. The maximum absolute atomic E-state index is 13.9. The van der Waals surface area contributed by atoms with E-state index in [4.69, 9.17) is 25.8 Å². The van der Waals surface area contributed by atoms with E-state index in [-0.39, 0.29) is 16.7 Å². The zero-order chi connectivity index (χ0) is 28.0. The Morgan fingerprint density at radius 2 is 1.65 bits per heavy atom. The standard InChI is InChI=1S/C29H23ClN2O6S2/c1-36-19-10-8-18(9-11-19)32-27(33)23-22(24-26(31-29(35)40-24)39-25(23)28(32)34)16-5-12-20(21(13-16)37-2)38-14-15-3-6-17(30)7-4-15/h3-13,22-23,25H,14H2,1-2H3,(H,31,35). The number of rotatable bonds is 7. The smallest absolute Gasteiger partial charge is 0.305 e. The minimum absolute atomic E-state index is 0.232. The highest BCUT2D eigenvalue weighted by Crippen LogP contribution is 2.53. The fourth-order valence-corrected chi connectivity index (χ4v) is 7.74. The molecule has 11 heteroatoms. The molecule has 3 heterocycles. The largest absolute Gasteiger partial charge is 0.497 e. The van der Waals surface area contributed by atoms with Crippen molar-refractivity contribution in [1.82, 2.24) is 4.98 Å². The van der Waals surface area contributed by atoms with Crippen LogP contribution in [0.4, 0.5) is 5.69 Å². The first-order valence-corrected chi connectivity index (χ1v) is 14.4. The number of nitrogens with zero attached hydrogens (tertiary/aromatic N) is 1. The van der Waals surface area contributed by atoms with E-state index < -0.39 is 17.1 Å². The van der Waals surface area contributed by atoms with Gasteiger partial charge in [-0.15, -0.1) is 0 Å². The number of aromatic nitrogens is 1. The summed E-state index contributed by atoms with van der Waals surface area (Å²) in [4.78, 5) is 44.5. The van der Waals surface area contributed by atoms with Gasteiger partial charge in [-0.25, -0.2) is 4.90 Å². The van der Waals surface area contributed by atoms with Crippen molar-refractivity contribution in [2.24, 2.45) is 5.92 Å². The van der Waals surface area contributed by atoms with Crippen LogP contribution in [-0.4, -0.2) is 36.3 Å². The first-order chi connectivity index (χ1) is 19.4. The van der Waals surface area contributed by atoms with E-state index in [9.17, 15) is 14.4 Å². The molecule has 1 fully saturated rings. The van der Waals surface area contributed by atoms with Crippen molar-refractivity contribution in [2.45, 2.75) is 22.8 Å². The lowest BCUT2D eigenvalue weighted by molar-refractivity contribution is -0.122. The van der Waals surface area contributed by atoms with Crippen molar-refractivity contribution >= 4 is 52.2 Å². The molecule has 204 valence electrons. The molecule has 2 aliphatic heterocycles. The number of hydrogen-bond donors (Lipinski definition) is 1. The first-order valence-electron chi connectivity index (χ1n) is 12.3. The summed E-state index contributed by atoms with van der Waals surface area (Å²) in [7, 11) is 3.10. The number of imide groups is 1. The Bertz CT molecular complexity index is 1650. The molecule has 1 saturated heterocycles. The van der Waals surface area contributed by atoms with Gasteiger partial charge in [0.05, 0.1) is 30.9 Å². The number of amides is 2. The summed E-state index contributed by atoms with van der Waals surface area (Å²) in [6.07, 6.45) is 0. The van der Waals surface area contributed by atoms with Gasteiger partial charge in [-0.05, 0) is 59.7 Å². The molecule has 3 unspecified atom stereocenters. The van der Waals surface area contributed by atoms with Gasteiger partial charge in [0.15, 0.2) is 11.5 Å². The molecule has 4 aromatic rings. The number of carbonyl (C=O) groups excluding carboxylic acids is 2. The van der Waals surface area contributed by atoms with Crippen LogP contribution >= 0.6 is 34.7 Å². The molecule has 0 radical (unpaired) electrons. The van der Waals surface area contributed by atoms with Gasteiger partial charge in [0.25, 0.3) is 0 Å². The van der Waals surface area contributed by atoms with Crippen molar-refractivity contribution in [3.05, 3.63) is 97.4 Å². The summed E-state index contributed by atoms with van der Waals surface area (Å²) < 4.78 is 16.9. The molecule has 6 rings (SSSR count). The van der Waals surface area contributed by atoms with Crippen LogP contribution in [0, 0.1) is 5.92 Å². The zero-order valence-corrected chi connectivity index (χ0v) is 23.8. The Hall–Kier alpha value is -3.73. The average molecular weight is 595 g/mol. The van der Waals surface area contributed by atoms with E-state index in [0.717, 1.165) is 27.3 Å². The van der Waals surface area contributed by atoms with Gasteiger partial charge < -0.3 is 19.2 Å². The second-order valence-corrected chi connectivity index (χ2v) is 11.9. The molecular formula is C29H23ClN2O6S2. The molecule has 0 bridgehead atoms. The third-order valence-corrected chi connectivity index (χ3v) is 9.66. The molecular weight excluding hydrogens is 572 g/mol. The van der Waals surface area contributed by atoms with Gasteiger partial charge in [0.1, 0.15) is 17.6 Å². The summed E-state index contributed by atoms with van der Waals surface area (Å²) >= 11 is 8.28. The lowest BCUT2D eigenvalue weighted by Crippen LogP contribution is -2.32. The minimum atomic E-state index is -0.705. The number of fused-ring (bicyclic) bond motifs is 2. The molecule has 3 aromatic carbocycles. The van der Waals surface area contributed by atoms with Gasteiger partial charge in [-0.1, -0.05) is 52.9 Å². The van der Waals surface area contributed by atoms with Gasteiger partial charge in [0.2, 0.25) is 11.8 Å². The molecule has 1 aromatic heterocycles. The highest BCUT2D eigenvalue weighted by Gasteiger charge is 2.56. The topological polar surface area (TPSA) is 97.9 Å². The summed E-state index contributed by atoms with van der Waals surface area (Å²) in [6.45, 7) is 0.311. The number of thiazole rings is 1. The maximum atomic E-state index is 13.9. The Balaban J connectivity index is 1.36. The molecule has 8 nitrogen and oxygen atoms in total. The molecule has 0 aliphatic carbocycles. The number of aromatic amines is 1. The molecule has 1 N–H and O–H groups in total. The number of nitrogens with one attached hydrogen (secondary N) is 1. The lowest BCUT2D eigenvalue weighted by Gasteiger charge is -2.30. The number of H-pyrrole nitrogens is 1. The fraction of sp³-hybridized carbons (Fsp3) is 0.207. The molecule has 2 aliphatic rings. The monoisotopic (exact) mass is 594 g/mol. The van der Waals surface area contributed by atoms with E-state index in [0.29, 0.717) is 39.6 Å². The van der Waals surface area contributed by atoms with Crippen LogP contribution in [0.2, 0.25) is 5.02 Å². The van der Waals surface area contributed by atoms with Crippen LogP contribution in [0.5, 0.6) is 17.2 Å². The summed E-state index contributed by atoms with van der Waals surface area (Å²) in [6, 6.07) is 19.6. The zero-order valence-electron chi connectivity index (χ0n) is 21.4. The number of anilines is 1. The predicted molar refractivity (Wildman–Crippen MR) is 154 cm³/mol. The van der Waals surface area contributed by atoms with Crippen LogP contribution in [0.25, 0.3) is 0 Å². The number of hydrogen-bond acceptors (Lipinski definition) is 8. The van der Waals surface area contributed by atoms with Crippen LogP contribution < -0.4 is 24.0 Å². The average Bonchev–Trinajstić information content (AvgIpc) is 3.46. The SMILES string of the molecule is COc1ccc(N2C(=O)C3Sc4[nH]c(=O)sc4C(c4ccc(OCc5ccc(Cl)cc5)c(OC)c4)C3C2=O)cc1. The van der Waals surface area contributed by atoms with Crippen LogP contribution in [0.1, 0.15) is 21.9 Å². The number of benzene rings is 3. The van der Waals surface area contributed by atoms with Crippen molar-refractivity contribution in [3.8, 4) is 17.2 Å². The third-order valence-electron chi connectivity index (χ3n) is 7.01. The van der Waals surface area contributed by atoms with Crippen molar-refractivity contribution in [2.75, 3.05) is 19.1 Å². The molecule has 0 saturated carbocycles. The number of ether oxygens (including phenoxy) is 3. The second-order valence-electron chi connectivity index (χ2n) is 9.29. The summed E-state index contributed by atoms with van der Waals surface area (Å²) in [5.41, 5.74) is 2.17. The van der Waals surface area contributed by atoms with Gasteiger partial charge in [0, 0.05) is 15.8 Å². The van der Waals surface area contributed by atoms with Crippen LogP contribution in [-0.2, 0) is 16.2 Å². The van der Waals surface area contributed by atoms with Crippen molar-refractivity contribution in [3.63, 3.8) is 0 Å². The Morgan fingerprint density at radius 3 is 2.35 bits per heavy atom. The molecule has 40 heavy (non-hydrogen) atoms. The Labute approximate surface area is 242 Å². The van der Waals surface area contributed by atoms with Gasteiger partial charge in [-0.2, -0.15) is 0 Å². The minimum Gasteiger partial charge on any atom is -0.497 e. The summed E-state index contributed by atoms with van der Waals surface area (Å²) in [5.74, 6) is -0.228. The number of halogens is 1. The van der Waals surface area contributed by atoms with Crippen LogP contribution in [0.15, 0.2) is 76.6 Å². The normalized spacial score (nSPS) is 19.8. The van der Waals surface area contributed by atoms with E-state index in [1.807, 2.05) is 24.3 Å². The molecule has 3 atom stereocenters.